The van der Waals surface area contributed by atoms with Gasteiger partial charge >= 0.3 is 0 Å². The summed E-state index contributed by atoms with van der Waals surface area (Å²) in [5, 5.41) is 2.80. The Kier molecular flexibility index (Phi) is 7.83. The summed E-state index contributed by atoms with van der Waals surface area (Å²) in [5.41, 5.74) is 1.78. The maximum absolute atomic E-state index is 12.0. The number of carbonyl (C=O) groups is 1. The summed E-state index contributed by atoms with van der Waals surface area (Å²) in [5.74, 6) is 1.08. The van der Waals surface area contributed by atoms with Crippen LogP contribution in [0.5, 0.6) is 11.5 Å². The smallest absolute Gasteiger partial charge is 0.258 e. The summed E-state index contributed by atoms with van der Waals surface area (Å²) in [6.45, 7) is 3.07. The molecule has 8 heteroatoms. The van der Waals surface area contributed by atoms with E-state index in [2.05, 4.69) is 5.32 Å². The Bertz CT molecular complexity index is 882. The summed E-state index contributed by atoms with van der Waals surface area (Å²) in [6.07, 6.45) is 1.16. The van der Waals surface area contributed by atoms with Crippen molar-refractivity contribution in [2.24, 2.45) is 0 Å². The molecule has 7 nitrogen and oxygen atoms in total. The predicted octanol–water partition coefficient (Wildman–Crippen LogP) is 2.17. The minimum absolute atomic E-state index is 0.103. The fourth-order valence-electron chi connectivity index (χ4n) is 2.38. The third kappa shape index (κ3) is 7.21. The summed E-state index contributed by atoms with van der Waals surface area (Å²) in [6, 6.07) is 14.5. The first-order chi connectivity index (χ1) is 13.3. The number of ether oxygens (including phenoxy) is 2. The number of carbonyl (C=O) groups excluding carboxylic acids is 1. The average molecular weight is 407 g/mol. The molecule has 2 aromatic rings. The van der Waals surface area contributed by atoms with Gasteiger partial charge < -0.3 is 14.8 Å². The van der Waals surface area contributed by atoms with Gasteiger partial charge in [0.25, 0.3) is 5.91 Å². The maximum Gasteiger partial charge on any atom is 0.258 e. The van der Waals surface area contributed by atoms with E-state index in [1.165, 1.54) is 11.4 Å². The summed E-state index contributed by atoms with van der Waals surface area (Å²) < 4.78 is 35.1. The zero-order chi connectivity index (χ0) is 20.6. The number of rotatable bonds is 10. The molecular formula is C20H26N2O5S. The molecule has 1 N–H and O–H groups in total. The normalized spacial score (nSPS) is 11.3. The van der Waals surface area contributed by atoms with Gasteiger partial charge in [-0.25, -0.2) is 12.7 Å². The number of nitrogens with zero attached hydrogens (tertiary/aromatic N) is 1. The molecular weight excluding hydrogens is 380 g/mol. The Morgan fingerprint density at radius 3 is 2.39 bits per heavy atom. The van der Waals surface area contributed by atoms with E-state index in [0.29, 0.717) is 18.9 Å². The standard InChI is InChI=1S/C20H26N2O5S/c1-4-26-19-7-5-6-17(12-19)13-21-20(23)15-27-18-10-8-16(9-11-18)14-22(2)28(3,24)25/h5-12H,4,13-15H2,1-3H3,(H,21,23). The van der Waals surface area contributed by atoms with E-state index < -0.39 is 10.0 Å². The lowest BCUT2D eigenvalue weighted by Crippen LogP contribution is -2.28. The third-order valence-electron chi connectivity index (χ3n) is 3.96. The molecule has 0 heterocycles. The van der Waals surface area contributed by atoms with Crippen LogP contribution in [0.4, 0.5) is 0 Å². The molecule has 0 fully saturated rings. The van der Waals surface area contributed by atoms with Crippen LogP contribution >= 0.6 is 0 Å². The molecule has 0 aliphatic heterocycles. The van der Waals surface area contributed by atoms with Crippen LogP contribution < -0.4 is 14.8 Å². The van der Waals surface area contributed by atoms with Crippen LogP contribution in [0.2, 0.25) is 0 Å². The lowest BCUT2D eigenvalue weighted by Gasteiger charge is -2.14. The Labute approximate surface area is 166 Å². The molecule has 0 bridgehead atoms. The van der Waals surface area contributed by atoms with Crippen molar-refractivity contribution in [3.05, 3.63) is 59.7 Å². The van der Waals surface area contributed by atoms with E-state index in [9.17, 15) is 13.2 Å². The van der Waals surface area contributed by atoms with Crippen LogP contribution in [0.1, 0.15) is 18.1 Å². The molecule has 0 spiro atoms. The fourth-order valence-corrected chi connectivity index (χ4v) is 2.76. The highest BCUT2D eigenvalue weighted by Gasteiger charge is 2.11. The van der Waals surface area contributed by atoms with E-state index in [4.69, 9.17) is 9.47 Å². The minimum atomic E-state index is -3.23. The quantitative estimate of drug-likeness (QED) is 0.654. The first-order valence-corrected chi connectivity index (χ1v) is 10.7. The van der Waals surface area contributed by atoms with Gasteiger partial charge in [0.2, 0.25) is 10.0 Å². The van der Waals surface area contributed by atoms with Gasteiger partial charge in [-0.15, -0.1) is 0 Å². The van der Waals surface area contributed by atoms with E-state index in [-0.39, 0.29) is 19.1 Å². The molecule has 2 rings (SSSR count). The van der Waals surface area contributed by atoms with Crippen LogP contribution in [0.15, 0.2) is 48.5 Å². The van der Waals surface area contributed by atoms with E-state index >= 15 is 0 Å². The van der Waals surface area contributed by atoms with Gasteiger partial charge in [-0.05, 0) is 42.3 Å². The molecule has 28 heavy (non-hydrogen) atoms. The summed E-state index contributed by atoms with van der Waals surface area (Å²) in [4.78, 5) is 12.0. The molecule has 0 saturated carbocycles. The van der Waals surface area contributed by atoms with Crippen LogP contribution in [0.3, 0.4) is 0 Å². The molecule has 0 aliphatic rings. The maximum atomic E-state index is 12.0. The lowest BCUT2D eigenvalue weighted by molar-refractivity contribution is -0.123. The SMILES string of the molecule is CCOc1cccc(CNC(=O)COc2ccc(CN(C)S(C)(=O)=O)cc2)c1. The monoisotopic (exact) mass is 406 g/mol. The zero-order valence-corrected chi connectivity index (χ0v) is 17.2. The molecule has 0 radical (unpaired) electrons. The van der Waals surface area contributed by atoms with Gasteiger partial charge in [0.1, 0.15) is 11.5 Å². The predicted molar refractivity (Wildman–Crippen MR) is 108 cm³/mol. The Hall–Kier alpha value is -2.58. The number of hydrogen-bond donors (Lipinski definition) is 1. The highest BCUT2D eigenvalue weighted by atomic mass is 32.2. The largest absolute Gasteiger partial charge is 0.494 e. The minimum Gasteiger partial charge on any atom is -0.494 e. The van der Waals surface area contributed by atoms with Crippen molar-refractivity contribution in [1.29, 1.82) is 0 Å². The van der Waals surface area contributed by atoms with Gasteiger partial charge in [-0.3, -0.25) is 4.79 Å². The van der Waals surface area contributed by atoms with Crippen molar-refractivity contribution in [2.75, 3.05) is 26.5 Å². The van der Waals surface area contributed by atoms with Crippen molar-refractivity contribution < 1.29 is 22.7 Å². The molecule has 0 saturated heterocycles. The molecule has 152 valence electrons. The first-order valence-electron chi connectivity index (χ1n) is 8.89. The Balaban J connectivity index is 1.79. The number of amides is 1. The van der Waals surface area contributed by atoms with Crippen LogP contribution in [-0.4, -0.2) is 45.1 Å². The second-order valence-electron chi connectivity index (χ2n) is 6.31. The Morgan fingerprint density at radius 2 is 1.75 bits per heavy atom. The number of sulfonamides is 1. The summed E-state index contributed by atoms with van der Waals surface area (Å²) in [7, 11) is -1.70. The number of hydrogen-bond acceptors (Lipinski definition) is 5. The fraction of sp³-hybridized carbons (Fsp3) is 0.350. The molecule has 2 aromatic carbocycles. The zero-order valence-electron chi connectivity index (χ0n) is 16.3. The van der Waals surface area contributed by atoms with Crippen LogP contribution in [-0.2, 0) is 27.9 Å². The van der Waals surface area contributed by atoms with Gasteiger partial charge in [-0.1, -0.05) is 24.3 Å². The average Bonchev–Trinajstić information content (AvgIpc) is 2.65. The molecule has 0 unspecified atom stereocenters. The van der Waals surface area contributed by atoms with Crippen molar-refractivity contribution >= 4 is 15.9 Å². The van der Waals surface area contributed by atoms with E-state index in [0.717, 1.165) is 23.1 Å². The van der Waals surface area contributed by atoms with Crippen molar-refractivity contribution in [1.82, 2.24) is 9.62 Å². The van der Waals surface area contributed by atoms with E-state index in [1.807, 2.05) is 31.2 Å². The van der Waals surface area contributed by atoms with Gasteiger partial charge in [-0.2, -0.15) is 0 Å². The Morgan fingerprint density at radius 1 is 1.04 bits per heavy atom. The van der Waals surface area contributed by atoms with Gasteiger partial charge in [0.15, 0.2) is 6.61 Å². The molecule has 1 amide bonds. The van der Waals surface area contributed by atoms with E-state index in [1.54, 1.807) is 24.3 Å². The van der Waals surface area contributed by atoms with Crippen molar-refractivity contribution in [3.8, 4) is 11.5 Å². The molecule has 0 aromatic heterocycles. The third-order valence-corrected chi connectivity index (χ3v) is 5.23. The lowest BCUT2D eigenvalue weighted by atomic mass is 10.2. The molecule has 0 atom stereocenters. The number of nitrogens with one attached hydrogen (secondary N) is 1. The highest BCUT2D eigenvalue weighted by Crippen LogP contribution is 2.15. The first kappa shape index (κ1) is 21.7. The van der Waals surface area contributed by atoms with Crippen molar-refractivity contribution in [3.63, 3.8) is 0 Å². The second-order valence-corrected chi connectivity index (χ2v) is 8.40. The topological polar surface area (TPSA) is 84.9 Å². The summed E-state index contributed by atoms with van der Waals surface area (Å²) >= 11 is 0. The molecule has 0 aliphatic carbocycles. The highest BCUT2D eigenvalue weighted by molar-refractivity contribution is 7.88. The van der Waals surface area contributed by atoms with Gasteiger partial charge in [0.05, 0.1) is 12.9 Å². The van der Waals surface area contributed by atoms with Crippen LogP contribution in [0.25, 0.3) is 0 Å². The van der Waals surface area contributed by atoms with Crippen molar-refractivity contribution in [2.45, 2.75) is 20.0 Å². The van der Waals surface area contributed by atoms with Crippen LogP contribution in [0, 0.1) is 0 Å². The van der Waals surface area contributed by atoms with Gasteiger partial charge in [0, 0.05) is 20.1 Å². The number of benzene rings is 2. The second kappa shape index (κ2) is 10.1.